The van der Waals surface area contributed by atoms with Gasteiger partial charge in [0.05, 0.1) is 0 Å². The van der Waals surface area contributed by atoms with Gasteiger partial charge in [0.2, 0.25) is 0 Å². The van der Waals surface area contributed by atoms with Gasteiger partial charge in [0, 0.05) is 16.2 Å². The summed E-state index contributed by atoms with van der Waals surface area (Å²) in [4.78, 5) is 0. The molecular weight excluding hydrogens is 316 g/mol. The third-order valence-corrected chi connectivity index (χ3v) is 5.55. The van der Waals surface area contributed by atoms with E-state index in [1.54, 1.807) is 0 Å². The second-order valence-corrected chi connectivity index (χ2v) is 7.01. The lowest BCUT2D eigenvalue weighted by Crippen LogP contribution is -1.85. The molecule has 1 heterocycles. The van der Waals surface area contributed by atoms with Crippen molar-refractivity contribution >= 4 is 54.3 Å². The molecule has 0 amide bonds. The summed E-state index contributed by atoms with van der Waals surface area (Å²) in [5, 5.41) is 10.0. The van der Waals surface area contributed by atoms with Crippen LogP contribution in [0, 0.1) is 6.92 Å². The van der Waals surface area contributed by atoms with E-state index in [0.29, 0.717) is 0 Å². The van der Waals surface area contributed by atoms with Crippen molar-refractivity contribution in [1.82, 2.24) is 0 Å². The van der Waals surface area contributed by atoms with Gasteiger partial charge >= 0.3 is 0 Å². The zero-order valence-electron chi connectivity index (χ0n) is 14.4. The van der Waals surface area contributed by atoms with Gasteiger partial charge in [-0.15, -0.1) is 0 Å². The summed E-state index contributed by atoms with van der Waals surface area (Å²) in [6.07, 6.45) is 0. The van der Waals surface area contributed by atoms with Gasteiger partial charge in [-0.25, -0.2) is 0 Å². The van der Waals surface area contributed by atoms with E-state index in [1.165, 1.54) is 48.7 Å². The average Bonchev–Trinajstić information content (AvgIpc) is 3.08. The third kappa shape index (κ3) is 1.65. The highest BCUT2D eigenvalue weighted by Crippen LogP contribution is 2.42. The molecule has 1 nitrogen and oxygen atoms in total. The fourth-order valence-corrected chi connectivity index (χ4v) is 4.46. The van der Waals surface area contributed by atoms with Crippen molar-refractivity contribution in [1.29, 1.82) is 0 Å². The molecule has 0 spiro atoms. The maximum atomic E-state index is 6.40. The Balaban J connectivity index is 2.04. The minimum Gasteiger partial charge on any atom is -0.455 e. The Kier molecular flexibility index (Phi) is 2.60. The van der Waals surface area contributed by atoms with Crippen LogP contribution >= 0.6 is 0 Å². The first-order chi connectivity index (χ1) is 12.8. The molecule has 1 heteroatoms. The minimum atomic E-state index is 0.954. The third-order valence-electron chi connectivity index (χ3n) is 5.55. The molecule has 0 aliphatic carbocycles. The predicted molar refractivity (Wildman–Crippen MR) is 111 cm³/mol. The first-order valence-corrected chi connectivity index (χ1v) is 8.97. The van der Waals surface area contributed by atoms with Crippen LogP contribution < -0.4 is 0 Å². The number of benzene rings is 5. The molecule has 6 rings (SSSR count). The van der Waals surface area contributed by atoms with Crippen molar-refractivity contribution in [3.05, 3.63) is 84.4 Å². The minimum absolute atomic E-state index is 0.954. The van der Waals surface area contributed by atoms with Gasteiger partial charge in [-0.05, 0) is 51.6 Å². The van der Waals surface area contributed by atoms with E-state index in [9.17, 15) is 0 Å². The first-order valence-electron chi connectivity index (χ1n) is 8.97. The Labute approximate surface area is 150 Å². The Hall–Kier alpha value is -3.32. The number of furan rings is 1. The van der Waals surface area contributed by atoms with Crippen LogP contribution in [0.15, 0.2) is 83.3 Å². The lowest BCUT2D eigenvalue weighted by Gasteiger charge is -2.11. The quantitative estimate of drug-likeness (QED) is 0.265. The zero-order chi connectivity index (χ0) is 17.3. The monoisotopic (exact) mass is 332 g/mol. The lowest BCUT2D eigenvalue weighted by atomic mass is 9.91. The van der Waals surface area contributed by atoms with Gasteiger partial charge in [0.1, 0.15) is 11.2 Å². The molecule has 0 bridgehead atoms. The topological polar surface area (TPSA) is 13.1 Å². The molecule has 0 saturated carbocycles. The van der Waals surface area contributed by atoms with Crippen LogP contribution in [0.2, 0.25) is 0 Å². The normalized spacial score (nSPS) is 12.0. The molecule has 1 aromatic heterocycles. The van der Waals surface area contributed by atoms with Crippen LogP contribution in [0.1, 0.15) is 5.56 Å². The Morgan fingerprint density at radius 2 is 1.08 bits per heavy atom. The summed E-state index contributed by atoms with van der Waals surface area (Å²) in [6.45, 7) is 2.19. The summed E-state index contributed by atoms with van der Waals surface area (Å²) >= 11 is 0. The molecular formula is C25H16O. The number of hydrogen-bond acceptors (Lipinski definition) is 1. The van der Waals surface area contributed by atoms with Crippen molar-refractivity contribution in [2.75, 3.05) is 0 Å². The molecule has 0 N–H and O–H groups in total. The Morgan fingerprint density at radius 3 is 1.81 bits per heavy atom. The number of rotatable bonds is 0. The maximum absolute atomic E-state index is 6.40. The van der Waals surface area contributed by atoms with Gasteiger partial charge in [-0.3, -0.25) is 0 Å². The van der Waals surface area contributed by atoms with Crippen LogP contribution in [-0.2, 0) is 0 Å². The smallest absolute Gasteiger partial charge is 0.144 e. The van der Waals surface area contributed by atoms with E-state index >= 15 is 0 Å². The van der Waals surface area contributed by atoms with Crippen LogP contribution in [0.3, 0.4) is 0 Å². The van der Waals surface area contributed by atoms with Crippen molar-refractivity contribution in [3.63, 3.8) is 0 Å². The predicted octanol–water partition coefficient (Wildman–Crippen LogP) is 7.35. The molecule has 5 aromatic carbocycles. The number of hydrogen-bond donors (Lipinski definition) is 0. The Bertz CT molecular complexity index is 1480. The van der Waals surface area contributed by atoms with Crippen LogP contribution in [0.25, 0.3) is 54.3 Å². The van der Waals surface area contributed by atoms with Crippen LogP contribution in [0.5, 0.6) is 0 Å². The van der Waals surface area contributed by atoms with Gasteiger partial charge < -0.3 is 4.42 Å². The highest BCUT2D eigenvalue weighted by Gasteiger charge is 2.17. The summed E-state index contributed by atoms with van der Waals surface area (Å²) in [7, 11) is 0. The zero-order valence-corrected chi connectivity index (χ0v) is 14.4. The SMILES string of the molecule is Cc1cc2c3ccccc3c3ccccc3c2c2oc3ccccc3c12. The van der Waals surface area contributed by atoms with Crippen molar-refractivity contribution in [3.8, 4) is 0 Å². The number of aryl methyl sites for hydroxylation is 1. The van der Waals surface area contributed by atoms with E-state index in [0.717, 1.165) is 11.2 Å². The van der Waals surface area contributed by atoms with Gasteiger partial charge in [-0.1, -0.05) is 66.7 Å². The van der Waals surface area contributed by atoms with Crippen LogP contribution in [-0.4, -0.2) is 0 Å². The lowest BCUT2D eigenvalue weighted by molar-refractivity contribution is 0.673. The molecule has 0 radical (unpaired) electrons. The largest absolute Gasteiger partial charge is 0.455 e. The maximum Gasteiger partial charge on any atom is 0.144 e. The molecule has 0 unspecified atom stereocenters. The second kappa shape index (κ2) is 4.86. The molecule has 6 aromatic rings. The fourth-order valence-electron chi connectivity index (χ4n) is 4.46. The Morgan fingerprint density at radius 1 is 0.538 bits per heavy atom. The highest BCUT2D eigenvalue weighted by molar-refractivity contribution is 6.32. The van der Waals surface area contributed by atoms with Gasteiger partial charge in [0.25, 0.3) is 0 Å². The molecule has 122 valence electrons. The summed E-state index contributed by atoms with van der Waals surface area (Å²) in [6, 6.07) is 28.0. The van der Waals surface area contributed by atoms with E-state index < -0.39 is 0 Å². The van der Waals surface area contributed by atoms with Crippen molar-refractivity contribution in [2.45, 2.75) is 6.92 Å². The standard InChI is InChI=1S/C25H16O/c1-15-14-21-18-10-3-2-8-16(18)17-9-4-5-11-19(17)24(21)25-23(15)20-12-6-7-13-22(20)26-25/h2-14H,1H3. The fraction of sp³-hybridized carbons (Fsp3) is 0.0400. The number of fused-ring (bicyclic) bond motifs is 10. The molecule has 0 saturated heterocycles. The summed E-state index contributed by atoms with van der Waals surface area (Å²) in [5.41, 5.74) is 3.22. The van der Waals surface area contributed by atoms with Crippen LogP contribution in [0.4, 0.5) is 0 Å². The molecule has 0 aliphatic heterocycles. The van der Waals surface area contributed by atoms with E-state index in [-0.39, 0.29) is 0 Å². The molecule has 0 fully saturated rings. The average molecular weight is 332 g/mol. The van der Waals surface area contributed by atoms with Crippen molar-refractivity contribution < 1.29 is 4.42 Å². The van der Waals surface area contributed by atoms with Gasteiger partial charge in [-0.2, -0.15) is 0 Å². The number of para-hydroxylation sites is 1. The van der Waals surface area contributed by atoms with E-state index in [4.69, 9.17) is 4.42 Å². The van der Waals surface area contributed by atoms with E-state index in [1.807, 2.05) is 6.07 Å². The first kappa shape index (κ1) is 13.9. The van der Waals surface area contributed by atoms with Gasteiger partial charge in [0.15, 0.2) is 0 Å². The highest BCUT2D eigenvalue weighted by atomic mass is 16.3. The second-order valence-electron chi connectivity index (χ2n) is 7.01. The summed E-state index contributed by atoms with van der Waals surface area (Å²) < 4.78 is 6.40. The molecule has 0 atom stereocenters. The van der Waals surface area contributed by atoms with E-state index in [2.05, 4.69) is 79.7 Å². The molecule has 0 aliphatic rings. The van der Waals surface area contributed by atoms with Crippen molar-refractivity contribution in [2.24, 2.45) is 0 Å². The molecule has 26 heavy (non-hydrogen) atoms. The summed E-state index contributed by atoms with van der Waals surface area (Å²) in [5.74, 6) is 0.